The van der Waals surface area contributed by atoms with Crippen molar-refractivity contribution in [1.82, 2.24) is 9.97 Å². The van der Waals surface area contributed by atoms with E-state index in [1.807, 2.05) is 0 Å². The van der Waals surface area contributed by atoms with Gasteiger partial charge in [-0.15, -0.1) is 0 Å². The summed E-state index contributed by atoms with van der Waals surface area (Å²) in [6.07, 6.45) is 2.77. The molecule has 0 saturated carbocycles. The van der Waals surface area contributed by atoms with Gasteiger partial charge in [0.1, 0.15) is 0 Å². The molecule has 0 spiro atoms. The zero-order valence-corrected chi connectivity index (χ0v) is 4.96. The van der Waals surface area contributed by atoms with E-state index in [-0.39, 0.29) is 5.95 Å². The minimum atomic E-state index is -2.61. The van der Waals surface area contributed by atoms with Crippen LogP contribution in [0.5, 0.6) is 0 Å². The summed E-state index contributed by atoms with van der Waals surface area (Å²) in [6, 6.07) is 1.55. The van der Waals surface area contributed by atoms with E-state index in [2.05, 4.69) is 9.97 Å². The van der Waals surface area contributed by atoms with Crippen molar-refractivity contribution in [1.29, 1.82) is 0 Å². The Kier molecular flexibility index (Phi) is 2.09. The molecule has 54 valence electrons. The predicted octanol–water partition coefficient (Wildman–Crippen LogP) is 1.11. The Morgan fingerprint density at radius 3 is 2.40 bits per heavy atom. The van der Waals surface area contributed by atoms with Gasteiger partial charge < -0.3 is 0 Å². The van der Waals surface area contributed by atoms with Crippen LogP contribution >= 0.6 is 0 Å². The number of nitrogens with zero attached hydrogens (tertiary/aromatic N) is 2. The topological polar surface area (TPSA) is 37.8 Å². The summed E-state index contributed by atoms with van der Waals surface area (Å²) >= 11 is 0. The lowest BCUT2D eigenvalue weighted by Gasteiger charge is -1.99. The van der Waals surface area contributed by atoms with E-state index in [0.717, 1.165) is 0 Å². The molecule has 0 radical (unpaired) electrons. The third-order valence-electron chi connectivity index (χ3n) is 0.804. The van der Waals surface area contributed by atoms with E-state index in [4.69, 9.17) is 0 Å². The summed E-state index contributed by atoms with van der Waals surface area (Å²) in [5.41, 5.74) is 0. The van der Waals surface area contributed by atoms with Crippen LogP contribution < -0.4 is 5.32 Å². The highest BCUT2D eigenvalue weighted by atomic mass is 19.3. The molecule has 0 aliphatic carbocycles. The fourth-order valence-corrected chi connectivity index (χ4v) is 0.471. The van der Waals surface area contributed by atoms with Crippen molar-refractivity contribution in [3.63, 3.8) is 0 Å². The zero-order valence-electron chi connectivity index (χ0n) is 4.96. The molecule has 0 fully saturated rings. The van der Waals surface area contributed by atoms with Gasteiger partial charge in [-0.05, 0) is 6.07 Å². The van der Waals surface area contributed by atoms with Crippen LogP contribution in [0.2, 0.25) is 0 Å². The van der Waals surface area contributed by atoms with Crippen molar-refractivity contribution in [3.05, 3.63) is 18.5 Å². The zero-order chi connectivity index (χ0) is 7.40. The molecule has 1 aromatic rings. The fourth-order valence-electron chi connectivity index (χ4n) is 0.471. The molecule has 1 aromatic heterocycles. The van der Waals surface area contributed by atoms with Gasteiger partial charge in [0.05, 0.1) is 0 Å². The van der Waals surface area contributed by atoms with Crippen LogP contribution in [0.1, 0.15) is 0 Å². The van der Waals surface area contributed by atoms with Gasteiger partial charge in [-0.2, -0.15) is 8.78 Å². The summed E-state index contributed by atoms with van der Waals surface area (Å²) in [5, 5.41) is 1.75. The summed E-state index contributed by atoms with van der Waals surface area (Å²) in [6.45, 7) is -2.61. The molecule has 3 nitrogen and oxygen atoms in total. The van der Waals surface area contributed by atoms with E-state index in [0.29, 0.717) is 0 Å². The number of anilines is 1. The first-order valence-electron chi connectivity index (χ1n) is 2.61. The molecule has 0 atom stereocenters. The quantitative estimate of drug-likeness (QED) is 0.633. The van der Waals surface area contributed by atoms with Crippen molar-refractivity contribution in [2.75, 3.05) is 5.32 Å². The molecule has 0 aliphatic rings. The van der Waals surface area contributed by atoms with Crippen molar-refractivity contribution >= 4 is 5.95 Å². The van der Waals surface area contributed by atoms with Crippen LogP contribution in [0, 0.1) is 0 Å². The molecule has 1 rings (SSSR count). The lowest BCUT2D eigenvalue weighted by atomic mass is 10.7. The molecule has 0 aliphatic heterocycles. The third-order valence-corrected chi connectivity index (χ3v) is 0.804. The Bertz CT molecular complexity index is 189. The molecular formula is C5H5F2N3. The number of hydrogen-bond acceptors (Lipinski definition) is 3. The number of halogens is 2. The molecule has 1 heterocycles. The highest BCUT2D eigenvalue weighted by Crippen LogP contribution is 1.98. The first-order valence-corrected chi connectivity index (χ1v) is 2.61. The lowest BCUT2D eigenvalue weighted by molar-refractivity contribution is 0.180. The third kappa shape index (κ3) is 1.93. The monoisotopic (exact) mass is 145 g/mol. The summed E-state index contributed by atoms with van der Waals surface area (Å²) in [5.74, 6) is -0.0579. The second-order valence-electron chi connectivity index (χ2n) is 1.52. The summed E-state index contributed by atoms with van der Waals surface area (Å²) in [4.78, 5) is 7.03. The highest BCUT2D eigenvalue weighted by Gasteiger charge is 2.01. The molecule has 0 aromatic carbocycles. The molecule has 5 heteroatoms. The van der Waals surface area contributed by atoms with Gasteiger partial charge in [-0.1, -0.05) is 0 Å². The van der Waals surface area contributed by atoms with Gasteiger partial charge in [0.15, 0.2) is 0 Å². The first-order chi connectivity index (χ1) is 4.79. The lowest BCUT2D eigenvalue weighted by Crippen LogP contribution is -2.08. The molecule has 0 unspecified atom stereocenters. The smallest absolute Gasteiger partial charge is 0.298 e. The molecule has 0 bridgehead atoms. The second kappa shape index (κ2) is 3.05. The van der Waals surface area contributed by atoms with E-state index < -0.39 is 6.55 Å². The Hall–Kier alpha value is -1.26. The van der Waals surface area contributed by atoms with Crippen LogP contribution in [0.15, 0.2) is 18.5 Å². The van der Waals surface area contributed by atoms with Gasteiger partial charge in [0.2, 0.25) is 5.95 Å². The Morgan fingerprint density at radius 2 is 1.90 bits per heavy atom. The highest BCUT2D eigenvalue weighted by molar-refractivity contribution is 5.21. The molecule has 0 amide bonds. The van der Waals surface area contributed by atoms with Gasteiger partial charge >= 0.3 is 6.55 Å². The Morgan fingerprint density at radius 1 is 1.30 bits per heavy atom. The van der Waals surface area contributed by atoms with E-state index in [1.165, 1.54) is 12.4 Å². The fraction of sp³-hybridized carbons (Fsp3) is 0.200. The van der Waals surface area contributed by atoms with E-state index >= 15 is 0 Å². The van der Waals surface area contributed by atoms with Gasteiger partial charge in [-0.25, -0.2) is 9.97 Å². The van der Waals surface area contributed by atoms with Crippen LogP contribution in [0.3, 0.4) is 0 Å². The minimum absolute atomic E-state index is 0.0579. The SMILES string of the molecule is FC(F)Nc1ncccn1. The average Bonchev–Trinajstić information content (AvgIpc) is 1.88. The predicted molar refractivity (Wildman–Crippen MR) is 31.7 cm³/mol. The number of alkyl halides is 2. The van der Waals surface area contributed by atoms with Crippen molar-refractivity contribution < 1.29 is 8.78 Å². The van der Waals surface area contributed by atoms with Crippen molar-refractivity contribution in [2.45, 2.75) is 6.55 Å². The maximum Gasteiger partial charge on any atom is 0.315 e. The standard InChI is InChI=1S/C5H5F2N3/c6-4(7)10-5-8-2-1-3-9-5/h1-4H,(H,8,9,10). The number of nitrogens with one attached hydrogen (secondary N) is 1. The number of hydrogen-bond donors (Lipinski definition) is 1. The van der Waals surface area contributed by atoms with Crippen LogP contribution in [-0.2, 0) is 0 Å². The van der Waals surface area contributed by atoms with Crippen LogP contribution in [0.4, 0.5) is 14.7 Å². The van der Waals surface area contributed by atoms with Gasteiger partial charge in [-0.3, -0.25) is 5.32 Å². The molecule has 10 heavy (non-hydrogen) atoms. The maximum atomic E-state index is 11.5. The molecule has 1 N–H and O–H groups in total. The van der Waals surface area contributed by atoms with Crippen LogP contribution in [0.25, 0.3) is 0 Å². The van der Waals surface area contributed by atoms with Gasteiger partial charge in [0.25, 0.3) is 0 Å². The number of rotatable bonds is 2. The summed E-state index contributed by atoms with van der Waals surface area (Å²) in [7, 11) is 0. The minimum Gasteiger partial charge on any atom is -0.298 e. The van der Waals surface area contributed by atoms with E-state index in [9.17, 15) is 8.78 Å². The van der Waals surface area contributed by atoms with Crippen molar-refractivity contribution in [2.24, 2.45) is 0 Å². The van der Waals surface area contributed by atoms with E-state index in [1.54, 1.807) is 11.4 Å². The summed E-state index contributed by atoms with van der Waals surface area (Å²) < 4.78 is 23.1. The van der Waals surface area contributed by atoms with Crippen LogP contribution in [-0.4, -0.2) is 16.5 Å². The normalized spacial score (nSPS) is 9.90. The maximum absolute atomic E-state index is 11.5. The van der Waals surface area contributed by atoms with Gasteiger partial charge in [0, 0.05) is 12.4 Å². The Balaban J connectivity index is 2.59. The number of aromatic nitrogens is 2. The molecular weight excluding hydrogens is 140 g/mol. The second-order valence-corrected chi connectivity index (χ2v) is 1.52. The first kappa shape index (κ1) is 6.85. The largest absolute Gasteiger partial charge is 0.315 e. The molecule has 0 saturated heterocycles. The average molecular weight is 145 g/mol. The Labute approximate surface area is 56.1 Å². The van der Waals surface area contributed by atoms with Crippen molar-refractivity contribution in [3.8, 4) is 0 Å².